The van der Waals surface area contributed by atoms with Gasteiger partial charge in [-0.2, -0.15) is 0 Å². The highest BCUT2D eigenvalue weighted by molar-refractivity contribution is 9.10. The van der Waals surface area contributed by atoms with Crippen LogP contribution in [0.5, 0.6) is 5.75 Å². The standard InChI is InChI=1S/C24H21BrN2O3S/c1-4-29-22-15(3)23-19(20(13-30-23)16-5-7-17(25)8-6-16)12-18(22)14(2)11-21(28)27-24-26-9-10-31-24/h5-13H,4H2,1-3H3,(H,26,27,28)/b14-11+. The number of allylic oxidation sites excluding steroid dienone is 1. The van der Waals surface area contributed by atoms with Gasteiger partial charge in [0.2, 0.25) is 5.91 Å². The van der Waals surface area contributed by atoms with E-state index in [1.807, 2.05) is 56.5 Å². The normalized spacial score (nSPS) is 11.7. The Bertz CT molecular complexity index is 1260. The highest BCUT2D eigenvalue weighted by Crippen LogP contribution is 2.41. The molecule has 7 heteroatoms. The van der Waals surface area contributed by atoms with Gasteiger partial charge in [0, 0.05) is 44.2 Å². The Labute approximate surface area is 192 Å². The molecule has 0 spiro atoms. The fourth-order valence-electron chi connectivity index (χ4n) is 3.49. The number of hydrogen-bond donors (Lipinski definition) is 1. The Balaban J connectivity index is 1.81. The molecule has 0 aliphatic rings. The number of ether oxygens (including phenoxy) is 1. The molecule has 0 aliphatic heterocycles. The molecule has 0 fully saturated rings. The highest BCUT2D eigenvalue weighted by atomic mass is 79.9. The van der Waals surface area contributed by atoms with E-state index in [2.05, 4.69) is 26.2 Å². The lowest BCUT2D eigenvalue weighted by Gasteiger charge is -2.15. The molecule has 0 saturated carbocycles. The predicted molar refractivity (Wildman–Crippen MR) is 130 cm³/mol. The lowest BCUT2D eigenvalue weighted by molar-refractivity contribution is -0.111. The van der Waals surface area contributed by atoms with Crippen LogP contribution in [-0.4, -0.2) is 17.5 Å². The van der Waals surface area contributed by atoms with Crippen LogP contribution in [0.4, 0.5) is 5.13 Å². The Kier molecular flexibility index (Phi) is 6.25. The molecule has 158 valence electrons. The van der Waals surface area contributed by atoms with E-state index in [1.54, 1.807) is 18.5 Å². The summed E-state index contributed by atoms with van der Waals surface area (Å²) < 4.78 is 12.9. The number of fused-ring (bicyclic) bond motifs is 1. The van der Waals surface area contributed by atoms with Crippen molar-refractivity contribution in [2.24, 2.45) is 0 Å². The first-order valence-corrected chi connectivity index (χ1v) is 11.5. The Morgan fingerprint density at radius 1 is 1.32 bits per heavy atom. The van der Waals surface area contributed by atoms with E-state index >= 15 is 0 Å². The summed E-state index contributed by atoms with van der Waals surface area (Å²) in [6, 6.07) is 10.1. The van der Waals surface area contributed by atoms with Crippen LogP contribution in [0.1, 0.15) is 25.0 Å². The van der Waals surface area contributed by atoms with E-state index in [1.165, 1.54) is 11.3 Å². The second-order valence-electron chi connectivity index (χ2n) is 7.00. The molecule has 1 amide bonds. The third kappa shape index (κ3) is 4.43. The van der Waals surface area contributed by atoms with Crippen molar-refractivity contribution in [3.8, 4) is 16.9 Å². The van der Waals surface area contributed by atoms with E-state index in [9.17, 15) is 4.79 Å². The second-order valence-corrected chi connectivity index (χ2v) is 8.81. The van der Waals surface area contributed by atoms with Crippen LogP contribution in [0, 0.1) is 6.92 Å². The summed E-state index contributed by atoms with van der Waals surface area (Å²) in [6.45, 7) is 6.34. The number of nitrogens with zero attached hydrogens (tertiary/aromatic N) is 1. The number of aryl methyl sites for hydroxylation is 1. The Morgan fingerprint density at radius 2 is 2.10 bits per heavy atom. The quantitative estimate of drug-likeness (QED) is 0.290. The number of benzene rings is 2. The molecule has 0 bridgehead atoms. The zero-order valence-corrected chi connectivity index (χ0v) is 19.8. The highest BCUT2D eigenvalue weighted by Gasteiger charge is 2.19. The second kappa shape index (κ2) is 9.08. The maximum Gasteiger partial charge on any atom is 0.250 e. The summed E-state index contributed by atoms with van der Waals surface area (Å²) in [5, 5.41) is 6.16. The fraction of sp³-hybridized carbons (Fsp3) is 0.167. The van der Waals surface area contributed by atoms with Crippen molar-refractivity contribution >= 4 is 54.8 Å². The number of amides is 1. The van der Waals surface area contributed by atoms with Gasteiger partial charge in [0.25, 0.3) is 0 Å². The van der Waals surface area contributed by atoms with Gasteiger partial charge in [-0.25, -0.2) is 4.98 Å². The number of rotatable bonds is 6. The zero-order chi connectivity index (χ0) is 22.0. The van der Waals surface area contributed by atoms with Crippen molar-refractivity contribution < 1.29 is 13.9 Å². The van der Waals surface area contributed by atoms with E-state index in [0.29, 0.717) is 11.7 Å². The lowest BCUT2D eigenvalue weighted by atomic mass is 9.96. The molecular weight excluding hydrogens is 476 g/mol. The molecule has 0 atom stereocenters. The monoisotopic (exact) mass is 496 g/mol. The number of furan rings is 1. The maximum atomic E-state index is 12.5. The SMILES string of the molecule is CCOc1c(/C(C)=C/C(=O)Nc2nccs2)cc2c(-c3ccc(Br)cc3)coc2c1C. The number of aromatic nitrogens is 1. The molecule has 5 nitrogen and oxygen atoms in total. The van der Waals surface area contributed by atoms with Gasteiger partial charge in [0.15, 0.2) is 5.13 Å². The number of halogens is 1. The third-order valence-electron chi connectivity index (χ3n) is 4.92. The fourth-order valence-corrected chi connectivity index (χ4v) is 4.29. The molecule has 2 aromatic heterocycles. The third-order valence-corrected chi connectivity index (χ3v) is 6.14. The maximum absolute atomic E-state index is 12.5. The van der Waals surface area contributed by atoms with Crippen molar-refractivity contribution in [3.63, 3.8) is 0 Å². The molecule has 4 rings (SSSR count). The molecule has 2 aromatic carbocycles. The topological polar surface area (TPSA) is 64.4 Å². The molecule has 2 heterocycles. The van der Waals surface area contributed by atoms with Crippen LogP contribution in [0.15, 0.2) is 63.1 Å². The molecule has 0 unspecified atom stereocenters. The minimum Gasteiger partial charge on any atom is -0.493 e. The van der Waals surface area contributed by atoms with Crippen molar-refractivity contribution in [1.29, 1.82) is 0 Å². The van der Waals surface area contributed by atoms with Gasteiger partial charge in [-0.3, -0.25) is 10.1 Å². The van der Waals surface area contributed by atoms with E-state index in [0.717, 1.165) is 49.0 Å². The number of carbonyl (C=O) groups excluding carboxylic acids is 1. The van der Waals surface area contributed by atoms with Gasteiger partial charge >= 0.3 is 0 Å². The molecule has 0 saturated heterocycles. The van der Waals surface area contributed by atoms with E-state index in [-0.39, 0.29) is 5.91 Å². The van der Waals surface area contributed by atoms with E-state index < -0.39 is 0 Å². The van der Waals surface area contributed by atoms with Gasteiger partial charge in [-0.15, -0.1) is 11.3 Å². The lowest BCUT2D eigenvalue weighted by Crippen LogP contribution is -2.08. The number of thiazole rings is 1. The molecule has 1 N–H and O–H groups in total. The summed E-state index contributed by atoms with van der Waals surface area (Å²) >= 11 is 4.86. The van der Waals surface area contributed by atoms with Crippen LogP contribution in [0.25, 0.3) is 27.7 Å². The predicted octanol–water partition coefficient (Wildman–Crippen LogP) is 7.07. The average Bonchev–Trinajstić information content (AvgIpc) is 3.40. The first kappa shape index (κ1) is 21.3. The Hall–Kier alpha value is -2.90. The zero-order valence-electron chi connectivity index (χ0n) is 17.4. The van der Waals surface area contributed by atoms with Gasteiger partial charge in [-0.1, -0.05) is 28.1 Å². The first-order chi connectivity index (χ1) is 15.0. The minimum absolute atomic E-state index is 0.229. The van der Waals surface area contributed by atoms with Crippen LogP contribution in [0.2, 0.25) is 0 Å². The molecule has 0 radical (unpaired) electrons. The van der Waals surface area contributed by atoms with Crippen molar-refractivity contribution in [2.45, 2.75) is 20.8 Å². The molecule has 4 aromatic rings. The van der Waals surface area contributed by atoms with Crippen LogP contribution in [0.3, 0.4) is 0 Å². The van der Waals surface area contributed by atoms with Gasteiger partial charge in [0.05, 0.1) is 12.9 Å². The molecule has 0 aliphatic carbocycles. The first-order valence-electron chi connectivity index (χ1n) is 9.80. The summed E-state index contributed by atoms with van der Waals surface area (Å²) in [5.41, 5.74) is 5.40. The van der Waals surface area contributed by atoms with Crippen LogP contribution < -0.4 is 10.1 Å². The Morgan fingerprint density at radius 3 is 2.77 bits per heavy atom. The summed E-state index contributed by atoms with van der Waals surface area (Å²) in [6.07, 6.45) is 5.00. The summed E-state index contributed by atoms with van der Waals surface area (Å²) in [5.74, 6) is 0.496. The van der Waals surface area contributed by atoms with E-state index in [4.69, 9.17) is 9.15 Å². The smallest absolute Gasteiger partial charge is 0.250 e. The summed E-state index contributed by atoms with van der Waals surface area (Å²) in [4.78, 5) is 16.6. The summed E-state index contributed by atoms with van der Waals surface area (Å²) in [7, 11) is 0. The molecule has 31 heavy (non-hydrogen) atoms. The number of hydrogen-bond acceptors (Lipinski definition) is 5. The van der Waals surface area contributed by atoms with Crippen molar-refractivity contribution in [2.75, 3.05) is 11.9 Å². The van der Waals surface area contributed by atoms with Gasteiger partial charge < -0.3 is 9.15 Å². The van der Waals surface area contributed by atoms with Gasteiger partial charge in [0.1, 0.15) is 11.3 Å². The number of nitrogens with one attached hydrogen (secondary N) is 1. The number of anilines is 1. The largest absolute Gasteiger partial charge is 0.493 e. The average molecular weight is 497 g/mol. The van der Waals surface area contributed by atoms with Crippen molar-refractivity contribution in [1.82, 2.24) is 4.98 Å². The van der Waals surface area contributed by atoms with Gasteiger partial charge in [-0.05, 0) is 50.1 Å². The minimum atomic E-state index is -0.229. The van der Waals surface area contributed by atoms with Crippen molar-refractivity contribution in [3.05, 3.63) is 69.8 Å². The van der Waals surface area contributed by atoms with Crippen LogP contribution >= 0.6 is 27.3 Å². The molecular formula is C24H21BrN2O3S. The van der Waals surface area contributed by atoms with Crippen LogP contribution in [-0.2, 0) is 4.79 Å². The number of carbonyl (C=O) groups is 1.